The average Bonchev–Trinajstić information content (AvgIpc) is 2.66. The Morgan fingerprint density at radius 1 is 1.00 bits per heavy atom. The highest BCUT2D eigenvalue weighted by atomic mass is 19.1. The highest BCUT2D eigenvalue weighted by molar-refractivity contribution is 6.06. The molecular weight excluding hydrogens is 343 g/mol. The molecule has 2 amide bonds. The predicted octanol–water partition coefficient (Wildman–Crippen LogP) is 4.08. The van der Waals surface area contributed by atoms with Gasteiger partial charge < -0.3 is 11.1 Å². The van der Waals surface area contributed by atoms with Gasteiger partial charge in [-0.05, 0) is 42.7 Å². The standard InChI is InChI=1S/C22H19FN2O2/c1-14-19(23)12-17(21(24)26)13-20(14)25-22(27)18-10-6-5-9-16(18)11-15-7-3-2-4-8-15/h2-10,12-13H,11H2,1H3,(H2,24,26)(H,25,27). The third-order valence-electron chi connectivity index (χ3n) is 4.38. The van der Waals surface area contributed by atoms with E-state index in [-0.39, 0.29) is 22.7 Å². The Bertz CT molecular complexity index is 1000. The zero-order chi connectivity index (χ0) is 19.4. The maximum Gasteiger partial charge on any atom is 0.255 e. The molecule has 0 spiro atoms. The first-order valence-corrected chi connectivity index (χ1v) is 8.49. The monoisotopic (exact) mass is 362 g/mol. The molecule has 3 rings (SSSR count). The van der Waals surface area contributed by atoms with E-state index < -0.39 is 11.7 Å². The number of carbonyl (C=O) groups excluding carboxylic acids is 2. The number of hydrogen-bond donors (Lipinski definition) is 2. The quantitative estimate of drug-likeness (QED) is 0.718. The second-order valence-corrected chi connectivity index (χ2v) is 6.27. The Balaban J connectivity index is 1.91. The number of rotatable bonds is 5. The maximum atomic E-state index is 14.1. The Morgan fingerprint density at radius 2 is 1.67 bits per heavy atom. The molecule has 0 heterocycles. The molecular formula is C22H19FN2O2. The smallest absolute Gasteiger partial charge is 0.255 e. The van der Waals surface area contributed by atoms with E-state index in [1.807, 2.05) is 42.5 Å². The summed E-state index contributed by atoms with van der Waals surface area (Å²) >= 11 is 0. The molecule has 0 bridgehead atoms. The van der Waals surface area contributed by atoms with Gasteiger partial charge in [0.2, 0.25) is 5.91 Å². The summed E-state index contributed by atoms with van der Waals surface area (Å²) in [5, 5.41) is 2.70. The van der Waals surface area contributed by atoms with Gasteiger partial charge in [-0.2, -0.15) is 0 Å². The molecule has 27 heavy (non-hydrogen) atoms. The lowest BCUT2D eigenvalue weighted by molar-refractivity contribution is 0.0995. The van der Waals surface area contributed by atoms with E-state index in [1.54, 1.807) is 12.1 Å². The van der Waals surface area contributed by atoms with Gasteiger partial charge in [-0.1, -0.05) is 48.5 Å². The van der Waals surface area contributed by atoms with Crippen molar-refractivity contribution < 1.29 is 14.0 Å². The summed E-state index contributed by atoms with van der Waals surface area (Å²) in [5.41, 5.74) is 8.13. The summed E-state index contributed by atoms with van der Waals surface area (Å²) in [7, 11) is 0. The molecule has 0 aliphatic heterocycles. The van der Waals surface area contributed by atoms with Crippen LogP contribution >= 0.6 is 0 Å². The van der Waals surface area contributed by atoms with Crippen molar-refractivity contribution in [2.24, 2.45) is 5.73 Å². The number of halogens is 1. The van der Waals surface area contributed by atoms with Crippen molar-refractivity contribution >= 4 is 17.5 Å². The number of hydrogen-bond acceptors (Lipinski definition) is 2. The summed E-state index contributed by atoms with van der Waals surface area (Å²) in [6.07, 6.45) is 0.596. The Kier molecular flexibility index (Phi) is 5.31. The zero-order valence-electron chi connectivity index (χ0n) is 14.8. The van der Waals surface area contributed by atoms with Crippen LogP contribution in [0.5, 0.6) is 0 Å². The van der Waals surface area contributed by atoms with Crippen LogP contribution in [0.15, 0.2) is 66.7 Å². The number of primary amides is 1. The topological polar surface area (TPSA) is 72.2 Å². The molecule has 0 saturated carbocycles. The summed E-state index contributed by atoms with van der Waals surface area (Å²) < 4.78 is 14.1. The maximum absolute atomic E-state index is 14.1. The van der Waals surface area contributed by atoms with Gasteiger partial charge in [0.25, 0.3) is 5.91 Å². The fourth-order valence-electron chi connectivity index (χ4n) is 2.85. The van der Waals surface area contributed by atoms with Gasteiger partial charge in [-0.15, -0.1) is 0 Å². The van der Waals surface area contributed by atoms with Crippen molar-refractivity contribution in [3.8, 4) is 0 Å². The minimum Gasteiger partial charge on any atom is -0.366 e. The molecule has 0 aliphatic rings. The number of carbonyl (C=O) groups is 2. The Labute approximate surface area is 156 Å². The van der Waals surface area contributed by atoms with E-state index in [4.69, 9.17) is 5.73 Å². The fraction of sp³-hybridized carbons (Fsp3) is 0.0909. The molecule has 0 aromatic heterocycles. The van der Waals surface area contributed by atoms with E-state index in [1.165, 1.54) is 13.0 Å². The molecule has 0 fully saturated rings. The first-order chi connectivity index (χ1) is 13.0. The molecule has 3 aromatic carbocycles. The molecule has 3 aromatic rings. The highest BCUT2D eigenvalue weighted by Gasteiger charge is 2.16. The van der Waals surface area contributed by atoms with E-state index in [0.717, 1.165) is 17.2 Å². The number of anilines is 1. The lowest BCUT2D eigenvalue weighted by Crippen LogP contribution is -2.17. The van der Waals surface area contributed by atoms with Gasteiger partial charge in [-0.25, -0.2) is 4.39 Å². The number of nitrogens with two attached hydrogens (primary N) is 1. The fourth-order valence-corrected chi connectivity index (χ4v) is 2.85. The van der Waals surface area contributed by atoms with E-state index in [0.29, 0.717) is 12.0 Å². The first-order valence-electron chi connectivity index (χ1n) is 8.49. The highest BCUT2D eigenvalue weighted by Crippen LogP contribution is 2.22. The summed E-state index contributed by atoms with van der Waals surface area (Å²) in [6, 6.07) is 19.5. The number of benzene rings is 3. The van der Waals surface area contributed by atoms with Gasteiger partial charge in [0.1, 0.15) is 5.82 Å². The molecule has 0 unspecified atom stereocenters. The molecule has 0 saturated heterocycles. The van der Waals surface area contributed by atoms with Crippen LogP contribution in [-0.2, 0) is 6.42 Å². The van der Waals surface area contributed by atoms with Gasteiger partial charge in [0.05, 0.1) is 0 Å². The van der Waals surface area contributed by atoms with Crippen molar-refractivity contribution in [1.82, 2.24) is 0 Å². The predicted molar refractivity (Wildman–Crippen MR) is 103 cm³/mol. The van der Waals surface area contributed by atoms with Crippen molar-refractivity contribution in [2.75, 3.05) is 5.32 Å². The van der Waals surface area contributed by atoms with Gasteiger partial charge >= 0.3 is 0 Å². The lowest BCUT2D eigenvalue weighted by Gasteiger charge is -2.13. The summed E-state index contributed by atoms with van der Waals surface area (Å²) in [5.74, 6) is -1.72. The molecule has 0 radical (unpaired) electrons. The van der Waals surface area contributed by atoms with Crippen molar-refractivity contribution in [3.63, 3.8) is 0 Å². The first kappa shape index (κ1) is 18.3. The third kappa shape index (κ3) is 4.20. The minimum atomic E-state index is -0.756. The lowest BCUT2D eigenvalue weighted by atomic mass is 9.99. The van der Waals surface area contributed by atoms with Crippen LogP contribution < -0.4 is 11.1 Å². The molecule has 4 nitrogen and oxygen atoms in total. The Morgan fingerprint density at radius 3 is 2.37 bits per heavy atom. The second kappa shape index (κ2) is 7.83. The SMILES string of the molecule is Cc1c(F)cc(C(N)=O)cc1NC(=O)c1ccccc1Cc1ccccc1. The summed E-state index contributed by atoms with van der Waals surface area (Å²) in [6.45, 7) is 1.53. The third-order valence-corrected chi connectivity index (χ3v) is 4.38. The Hall–Kier alpha value is -3.47. The van der Waals surface area contributed by atoms with Gasteiger partial charge in [0.15, 0.2) is 0 Å². The normalized spacial score (nSPS) is 10.4. The van der Waals surface area contributed by atoms with Crippen LogP contribution in [-0.4, -0.2) is 11.8 Å². The van der Waals surface area contributed by atoms with Crippen LogP contribution in [0.4, 0.5) is 10.1 Å². The molecule has 136 valence electrons. The second-order valence-electron chi connectivity index (χ2n) is 6.27. The van der Waals surface area contributed by atoms with Crippen LogP contribution in [0.2, 0.25) is 0 Å². The summed E-state index contributed by atoms with van der Waals surface area (Å²) in [4.78, 5) is 24.2. The van der Waals surface area contributed by atoms with Crippen LogP contribution in [0.3, 0.4) is 0 Å². The van der Waals surface area contributed by atoms with Crippen molar-refractivity contribution in [3.05, 3.63) is 100 Å². The molecule has 0 aliphatic carbocycles. The minimum absolute atomic E-state index is 0.00553. The van der Waals surface area contributed by atoms with Crippen LogP contribution in [0, 0.1) is 12.7 Å². The van der Waals surface area contributed by atoms with Crippen molar-refractivity contribution in [1.29, 1.82) is 0 Å². The van der Waals surface area contributed by atoms with Crippen LogP contribution in [0.25, 0.3) is 0 Å². The molecule has 0 atom stereocenters. The van der Waals surface area contributed by atoms with Gasteiger partial charge in [-0.3, -0.25) is 9.59 Å². The molecule has 5 heteroatoms. The average molecular weight is 362 g/mol. The largest absolute Gasteiger partial charge is 0.366 e. The van der Waals surface area contributed by atoms with E-state index in [9.17, 15) is 14.0 Å². The number of nitrogens with one attached hydrogen (secondary N) is 1. The molecule has 3 N–H and O–H groups in total. The zero-order valence-corrected chi connectivity index (χ0v) is 14.8. The van der Waals surface area contributed by atoms with Gasteiger partial charge in [0, 0.05) is 22.4 Å². The van der Waals surface area contributed by atoms with E-state index >= 15 is 0 Å². The van der Waals surface area contributed by atoms with Crippen molar-refractivity contribution in [2.45, 2.75) is 13.3 Å². The number of amides is 2. The van der Waals surface area contributed by atoms with Crippen LogP contribution in [0.1, 0.15) is 37.4 Å². The van der Waals surface area contributed by atoms with E-state index in [2.05, 4.69) is 5.32 Å².